The van der Waals surface area contributed by atoms with Gasteiger partial charge in [0.25, 0.3) is 0 Å². The molecule has 1 atom stereocenters. The van der Waals surface area contributed by atoms with Crippen LogP contribution in [0.2, 0.25) is 0 Å². The number of thiazole rings is 1. The van der Waals surface area contributed by atoms with E-state index < -0.39 is 0 Å². The Kier molecular flexibility index (Phi) is 4.33. The molecule has 0 aromatic carbocycles. The number of hydrogen-bond donors (Lipinski definition) is 1. The Morgan fingerprint density at radius 2 is 2.00 bits per heavy atom. The quantitative estimate of drug-likeness (QED) is 0.869. The second kappa shape index (κ2) is 6.24. The van der Waals surface area contributed by atoms with E-state index in [0.29, 0.717) is 0 Å². The van der Waals surface area contributed by atoms with Gasteiger partial charge >= 0.3 is 0 Å². The molecule has 1 saturated heterocycles. The molecule has 1 N–H and O–H groups in total. The molecule has 1 fully saturated rings. The molecule has 2 heterocycles. The van der Waals surface area contributed by atoms with Crippen molar-refractivity contribution >= 4 is 28.3 Å². The van der Waals surface area contributed by atoms with Crippen LogP contribution in [-0.4, -0.2) is 54.9 Å². The minimum absolute atomic E-state index is 0.0837. The van der Waals surface area contributed by atoms with Crippen LogP contribution in [0.3, 0.4) is 0 Å². The summed E-state index contributed by atoms with van der Waals surface area (Å²) < 4.78 is 0. The van der Waals surface area contributed by atoms with Crippen LogP contribution in [0.1, 0.15) is 23.9 Å². The highest BCUT2D eigenvalue weighted by Gasteiger charge is 2.28. The fourth-order valence-corrected chi connectivity index (χ4v) is 4.38. The summed E-state index contributed by atoms with van der Waals surface area (Å²) in [5.74, 6) is 0.363. The standard InChI is InChI=1S/C15H22N4O2S/c1-10(20)18-5-7-19(8-6-18)15-17-12-4-3-11(14(21)16-2)9-13(12)22-15/h11H,3-9H2,1-2H3,(H,16,21). The third-order valence-electron chi connectivity index (χ3n) is 4.54. The Balaban J connectivity index is 1.67. The van der Waals surface area contributed by atoms with E-state index in [2.05, 4.69) is 10.2 Å². The molecule has 2 amide bonds. The van der Waals surface area contributed by atoms with E-state index in [4.69, 9.17) is 4.98 Å². The SMILES string of the molecule is CNC(=O)C1CCc2nc(N3CCN(C(C)=O)CC3)sc2C1. The van der Waals surface area contributed by atoms with Crippen LogP contribution in [0.4, 0.5) is 5.13 Å². The van der Waals surface area contributed by atoms with Gasteiger partial charge < -0.3 is 15.1 Å². The molecule has 0 spiro atoms. The summed E-state index contributed by atoms with van der Waals surface area (Å²) in [6, 6.07) is 0. The fraction of sp³-hybridized carbons (Fsp3) is 0.667. The zero-order valence-electron chi connectivity index (χ0n) is 13.1. The molecule has 120 valence electrons. The second-order valence-electron chi connectivity index (χ2n) is 5.91. The molecular formula is C15H22N4O2S. The first kappa shape index (κ1) is 15.3. The van der Waals surface area contributed by atoms with Crippen LogP contribution < -0.4 is 10.2 Å². The predicted octanol–water partition coefficient (Wildman–Crippen LogP) is 0.662. The molecule has 3 rings (SSSR count). The van der Waals surface area contributed by atoms with Crippen molar-refractivity contribution in [1.29, 1.82) is 0 Å². The van der Waals surface area contributed by atoms with Crippen LogP contribution in [0.15, 0.2) is 0 Å². The van der Waals surface area contributed by atoms with Crippen molar-refractivity contribution in [3.8, 4) is 0 Å². The molecule has 0 bridgehead atoms. The van der Waals surface area contributed by atoms with Crippen LogP contribution in [0.25, 0.3) is 0 Å². The number of amides is 2. The number of aryl methyl sites for hydroxylation is 1. The number of carbonyl (C=O) groups excluding carboxylic acids is 2. The molecule has 1 aliphatic heterocycles. The number of hydrogen-bond acceptors (Lipinski definition) is 5. The largest absolute Gasteiger partial charge is 0.359 e. The van der Waals surface area contributed by atoms with Crippen molar-refractivity contribution in [2.24, 2.45) is 5.92 Å². The zero-order valence-corrected chi connectivity index (χ0v) is 13.9. The highest BCUT2D eigenvalue weighted by molar-refractivity contribution is 7.15. The summed E-state index contributed by atoms with van der Waals surface area (Å²) in [4.78, 5) is 33.4. The number of nitrogens with one attached hydrogen (secondary N) is 1. The monoisotopic (exact) mass is 322 g/mol. The van der Waals surface area contributed by atoms with E-state index in [1.807, 2.05) is 4.90 Å². The number of piperazine rings is 1. The van der Waals surface area contributed by atoms with Crippen LogP contribution in [-0.2, 0) is 22.4 Å². The Labute approximate surface area is 134 Å². The molecule has 1 unspecified atom stereocenters. The summed E-state index contributed by atoms with van der Waals surface area (Å²) in [6.45, 7) is 4.83. The zero-order chi connectivity index (χ0) is 15.7. The minimum atomic E-state index is 0.0837. The molecule has 0 radical (unpaired) electrons. The topological polar surface area (TPSA) is 65.5 Å². The van der Waals surface area contributed by atoms with E-state index in [1.54, 1.807) is 25.3 Å². The molecule has 0 saturated carbocycles. The summed E-state index contributed by atoms with van der Waals surface area (Å²) in [6.07, 6.45) is 2.57. The summed E-state index contributed by atoms with van der Waals surface area (Å²) in [7, 11) is 1.70. The van der Waals surface area contributed by atoms with Crippen molar-refractivity contribution in [1.82, 2.24) is 15.2 Å². The van der Waals surface area contributed by atoms with E-state index >= 15 is 0 Å². The van der Waals surface area contributed by atoms with E-state index in [0.717, 1.165) is 56.3 Å². The van der Waals surface area contributed by atoms with Crippen molar-refractivity contribution in [2.45, 2.75) is 26.2 Å². The predicted molar refractivity (Wildman–Crippen MR) is 86.2 cm³/mol. The molecule has 1 aromatic heterocycles. The Bertz CT molecular complexity index is 578. The van der Waals surface area contributed by atoms with Crippen molar-refractivity contribution in [3.05, 3.63) is 10.6 Å². The maximum atomic E-state index is 11.8. The molecule has 1 aliphatic carbocycles. The lowest BCUT2D eigenvalue weighted by molar-refractivity contribution is -0.129. The number of aromatic nitrogens is 1. The van der Waals surface area contributed by atoms with Gasteiger partial charge in [-0.2, -0.15) is 0 Å². The number of rotatable bonds is 2. The average Bonchev–Trinajstić information content (AvgIpc) is 2.97. The van der Waals surface area contributed by atoms with E-state index in [1.165, 1.54) is 4.88 Å². The average molecular weight is 322 g/mol. The van der Waals surface area contributed by atoms with Gasteiger partial charge in [0.1, 0.15) is 0 Å². The van der Waals surface area contributed by atoms with Gasteiger partial charge in [-0.1, -0.05) is 0 Å². The van der Waals surface area contributed by atoms with Crippen LogP contribution in [0.5, 0.6) is 0 Å². The van der Waals surface area contributed by atoms with E-state index in [9.17, 15) is 9.59 Å². The van der Waals surface area contributed by atoms with Gasteiger partial charge in [0.2, 0.25) is 11.8 Å². The lowest BCUT2D eigenvalue weighted by Crippen LogP contribution is -2.48. The first-order valence-corrected chi connectivity index (χ1v) is 8.60. The molecule has 2 aliphatic rings. The summed E-state index contributed by atoms with van der Waals surface area (Å²) in [5.41, 5.74) is 1.16. The van der Waals surface area contributed by atoms with Gasteiger partial charge in [-0.05, 0) is 19.3 Å². The molecular weight excluding hydrogens is 300 g/mol. The number of carbonyl (C=O) groups is 2. The van der Waals surface area contributed by atoms with Crippen LogP contribution >= 0.6 is 11.3 Å². The van der Waals surface area contributed by atoms with Gasteiger partial charge in [-0.25, -0.2) is 4.98 Å². The fourth-order valence-electron chi connectivity index (χ4n) is 3.14. The number of anilines is 1. The third-order valence-corrected chi connectivity index (χ3v) is 5.72. The minimum Gasteiger partial charge on any atom is -0.359 e. The summed E-state index contributed by atoms with van der Waals surface area (Å²) >= 11 is 1.71. The number of fused-ring (bicyclic) bond motifs is 1. The molecule has 6 nitrogen and oxygen atoms in total. The normalized spacial score (nSPS) is 21.5. The van der Waals surface area contributed by atoms with E-state index in [-0.39, 0.29) is 17.7 Å². The van der Waals surface area contributed by atoms with Crippen molar-refractivity contribution < 1.29 is 9.59 Å². The Morgan fingerprint density at radius 3 is 2.64 bits per heavy atom. The molecule has 7 heteroatoms. The lowest BCUT2D eigenvalue weighted by atomic mass is 9.90. The smallest absolute Gasteiger partial charge is 0.223 e. The lowest BCUT2D eigenvalue weighted by Gasteiger charge is -2.33. The van der Waals surface area contributed by atoms with Crippen molar-refractivity contribution in [3.63, 3.8) is 0 Å². The highest BCUT2D eigenvalue weighted by Crippen LogP contribution is 2.34. The van der Waals surface area contributed by atoms with Crippen LogP contribution in [0, 0.1) is 5.92 Å². The van der Waals surface area contributed by atoms with Gasteiger partial charge in [-0.15, -0.1) is 11.3 Å². The second-order valence-corrected chi connectivity index (χ2v) is 6.98. The van der Waals surface area contributed by atoms with Gasteiger partial charge in [0, 0.05) is 50.9 Å². The molecule has 22 heavy (non-hydrogen) atoms. The summed E-state index contributed by atoms with van der Waals surface area (Å²) in [5, 5.41) is 3.80. The maximum Gasteiger partial charge on any atom is 0.223 e. The maximum absolute atomic E-state index is 11.8. The third kappa shape index (κ3) is 2.95. The first-order valence-electron chi connectivity index (χ1n) is 7.79. The number of nitrogens with zero attached hydrogens (tertiary/aromatic N) is 3. The Hall–Kier alpha value is -1.63. The Morgan fingerprint density at radius 1 is 1.27 bits per heavy atom. The highest BCUT2D eigenvalue weighted by atomic mass is 32.1. The first-order chi connectivity index (χ1) is 10.6. The van der Waals surface area contributed by atoms with Gasteiger partial charge in [0.05, 0.1) is 5.69 Å². The van der Waals surface area contributed by atoms with Gasteiger partial charge in [0.15, 0.2) is 5.13 Å². The van der Waals surface area contributed by atoms with Gasteiger partial charge in [-0.3, -0.25) is 9.59 Å². The molecule has 1 aromatic rings. The van der Waals surface area contributed by atoms with Crippen molar-refractivity contribution in [2.75, 3.05) is 38.1 Å².